The maximum Gasteiger partial charge on any atom is 0.404 e. The molecule has 3 nitrogen and oxygen atoms in total. The van der Waals surface area contributed by atoms with E-state index in [0.717, 1.165) is 11.1 Å². The SMILES string of the molecule is Cc1cccnc1C[C@@H](N[C@H]1CCOc2ccccc21)C(F)(F)F. The van der Waals surface area contributed by atoms with Crippen LogP contribution in [-0.4, -0.2) is 23.8 Å². The van der Waals surface area contributed by atoms with Crippen LogP contribution < -0.4 is 10.1 Å². The first-order chi connectivity index (χ1) is 11.4. The lowest BCUT2D eigenvalue weighted by Gasteiger charge is -2.31. The smallest absolute Gasteiger partial charge is 0.404 e. The fourth-order valence-electron chi connectivity index (χ4n) is 2.95. The summed E-state index contributed by atoms with van der Waals surface area (Å²) in [5.74, 6) is 0.649. The first-order valence-corrected chi connectivity index (χ1v) is 7.90. The first kappa shape index (κ1) is 16.8. The second kappa shape index (κ2) is 6.81. The number of pyridine rings is 1. The second-order valence-electron chi connectivity index (χ2n) is 5.96. The molecule has 2 heterocycles. The number of nitrogens with zero attached hydrogens (tertiary/aromatic N) is 1. The number of halogens is 3. The molecule has 128 valence electrons. The van der Waals surface area contributed by atoms with Gasteiger partial charge in [-0.1, -0.05) is 24.3 Å². The minimum absolute atomic E-state index is 0.185. The summed E-state index contributed by atoms with van der Waals surface area (Å²) in [5, 5.41) is 2.78. The summed E-state index contributed by atoms with van der Waals surface area (Å²) in [6.45, 7) is 2.18. The molecule has 1 aliphatic rings. The molecule has 2 atom stereocenters. The van der Waals surface area contributed by atoms with Crippen molar-refractivity contribution in [2.45, 2.75) is 38.0 Å². The van der Waals surface area contributed by atoms with Crippen molar-refractivity contribution in [3.8, 4) is 5.75 Å². The third-order valence-corrected chi connectivity index (χ3v) is 4.27. The third-order valence-electron chi connectivity index (χ3n) is 4.27. The summed E-state index contributed by atoms with van der Waals surface area (Å²) in [6, 6.07) is 8.70. The molecule has 0 amide bonds. The van der Waals surface area contributed by atoms with Crippen LogP contribution in [-0.2, 0) is 6.42 Å². The third kappa shape index (κ3) is 3.70. The van der Waals surface area contributed by atoms with E-state index in [2.05, 4.69) is 10.3 Å². The quantitative estimate of drug-likeness (QED) is 0.917. The molecule has 6 heteroatoms. The molecule has 0 saturated carbocycles. The Balaban J connectivity index is 1.83. The van der Waals surface area contributed by atoms with Gasteiger partial charge in [-0.05, 0) is 24.6 Å². The minimum atomic E-state index is -4.35. The molecule has 0 unspecified atom stereocenters. The van der Waals surface area contributed by atoms with Gasteiger partial charge in [0.25, 0.3) is 0 Å². The fourth-order valence-corrected chi connectivity index (χ4v) is 2.95. The fraction of sp³-hybridized carbons (Fsp3) is 0.389. The van der Waals surface area contributed by atoms with E-state index < -0.39 is 12.2 Å². The molecule has 0 radical (unpaired) electrons. The van der Waals surface area contributed by atoms with Gasteiger partial charge in [-0.25, -0.2) is 0 Å². The number of fused-ring (bicyclic) bond motifs is 1. The Morgan fingerprint density at radius 2 is 2.04 bits per heavy atom. The molecule has 0 fully saturated rings. The zero-order valence-corrected chi connectivity index (χ0v) is 13.3. The largest absolute Gasteiger partial charge is 0.493 e. The molecule has 3 rings (SSSR count). The minimum Gasteiger partial charge on any atom is -0.493 e. The van der Waals surface area contributed by atoms with E-state index in [1.807, 2.05) is 18.2 Å². The Morgan fingerprint density at radius 3 is 2.79 bits per heavy atom. The van der Waals surface area contributed by atoms with Crippen molar-refractivity contribution < 1.29 is 17.9 Å². The van der Waals surface area contributed by atoms with Gasteiger partial charge in [-0.3, -0.25) is 10.3 Å². The van der Waals surface area contributed by atoms with Gasteiger partial charge in [0.05, 0.1) is 6.61 Å². The van der Waals surface area contributed by atoms with Crippen molar-refractivity contribution in [1.29, 1.82) is 0 Å². The molecule has 1 aromatic carbocycles. The van der Waals surface area contributed by atoms with E-state index >= 15 is 0 Å². The molecule has 0 bridgehead atoms. The molecular weight excluding hydrogens is 317 g/mol. The Morgan fingerprint density at radius 1 is 1.25 bits per heavy atom. The topological polar surface area (TPSA) is 34.2 Å². The Kier molecular flexibility index (Phi) is 4.76. The number of aromatic nitrogens is 1. The molecule has 0 spiro atoms. The van der Waals surface area contributed by atoms with Crippen molar-refractivity contribution in [3.05, 3.63) is 59.4 Å². The van der Waals surface area contributed by atoms with E-state index in [4.69, 9.17) is 4.74 Å². The summed E-state index contributed by atoms with van der Waals surface area (Å²) in [7, 11) is 0. The van der Waals surface area contributed by atoms with Crippen LogP contribution in [0.4, 0.5) is 13.2 Å². The zero-order chi connectivity index (χ0) is 17.2. The van der Waals surface area contributed by atoms with Gasteiger partial charge in [0.1, 0.15) is 11.8 Å². The standard InChI is InChI=1S/C18H19F3N2O/c1-12-5-4-9-22-15(12)11-17(18(19,20)21)23-14-8-10-24-16-7-3-2-6-13(14)16/h2-7,9,14,17,23H,8,10-11H2,1H3/t14-,17+/m0/s1. The van der Waals surface area contributed by atoms with E-state index in [-0.39, 0.29) is 12.5 Å². The van der Waals surface area contributed by atoms with Gasteiger partial charge in [0.2, 0.25) is 0 Å². The van der Waals surface area contributed by atoms with Crippen molar-refractivity contribution in [1.82, 2.24) is 10.3 Å². The normalized spacial score (nSPS) is 18.6. The van der Waals surface area contributed by atoms with Crippen LogP contribution in [0, 0.1) is 6.92 Å². The van der Waals surface area contributed by atoms with E-state index in [0.29, 0.717) is 24.5 Å². The molecular formula is C18H19F3N2O. The summed E-state index contributed by atoms with van der Waals surface area (Å²) in [6.07, 6.45) is -2.50. The number of alkyl halides is 3. The van der Waals surface area contributed by atoms with Gasteiger partial charge in [0, 0.05) is 36.3 Å². The molecule has 0 aliphatic carbocycles. The van der Waals surface area contributed by atoms with Crippen molar-refractivity contribution >= 4 is 0 Å². The van der Waals surface area contributed by atoms with Crippen molar-refractivity contribution in [3.63, 3.8) is 0 Å². The number of para-hydroxylation sites is 1. The predicted octanol–water partition coefficient (Wildman–Crippen LogP) is 3.98. The van der Waals surface area contributed by atoms with Gasteiger partial charge in [-0.2, -0.15) is 13.2 Å². The van der Waals surface area contributed by atoms with Crippen LogP contribution in [0.15, 0.2) is 42.6 Å². The van der Waals surface area contributed by atoms with Crippen molar-refractivity contribution in [2.75, 3.05) is 6.61 Å². The van der Waals surface area contributed by atoms with Gasteiger partial charge < -0.3 is 4.74 Å². The molecule has 2 aromatic rings. The lowest BCUT2D eigenvalue weighted by Crippen LogP contribution is -2.46. The van der Waals surface area contributed by atoms with Crippen LogP contribution in [0.1, 0.15) is 29.3 Å². The molecule has 1 aliphatic heterocycles. The molecule has 0 saturated heterocycles. The van der Waals surface area contributed by atoms with E-state index in [1.54, 1.807) is 25.1 Å². The lowest BCUT2D eigenvalue weighted by atomic mass is 9.98. The highest BCUT2D eigenvalue weighted by Gasteiger charge is 2.41. The Labute approximate surface area is 138 Å². The second-order valence-corrected chi connectivity index (χ2v) is 5.96. The van der Waals surface area contributed by atoms with Crippen LogP contribution in [0.25, 0.3) is 0 Å². The number of ether oxygens (including phenoxy) is 1. The van der Waals surface area contributed by atoms with Gasteiger partial charge >= 0.3 is 6.18 Å². The molecule has 1 N–H and O–H groups in total. The summed E-state index contributed by atoms with van der Waals surface area (Å²) >= 11 is 0. The monoisotopic (exact) mass is 336 g/mol. The average Bonchev–Trinajstić information content (AvgIpc) is 2.55. The predicted molar refractivity (Wildman–Crippen MR) is 85.0 cm³/mol. The van der Waals surface area contributed by atoms with Crippen LogP contribution in [0.3, 0.4) is 0 Å². The number of benzene rings is 1. The van der Waals surface area contributed by atoms with E-state index in [9.17, 15) is 13.2 Å². The maximum absolute atomic E-state index is 13.5. The van der Waals surface area contributed by atoms with Crippen molar-refractivity contribution in [2.24, 2.45) is 0 Å². The Bertz CT molecular complexity index is 703. The van der Waals surface area contributed by atoms with Crippen LogP contribution in [0.5, 0.6) is 5.75 Å². The van der Waals surface area contributed by atoms with Crippen LogP contribution in [0.2, 0.25) is 0 Å². The summed E-state index contributed by atoms with van der Waals surface area (Å²) < 4.78 is 46.2. The first-order valence-electron chi connectivity index (χ1n) is 7.90. The van der Waals surface area contributed by atoms with E-state index in [1.165, 1.54) is 6.20 Å². The highest BCUT2D eigenvalue weighted by Crippen LogP contribution is 2.34. The number of nitrogens with one attached hydrogen (secondary N) is 1. The summed E-state index contributed by atoms with van der Waals surface area (Å²) in [5.41, 5.74) is 2.00. The molecule has 24 heavy (non-hydrogen) atoms. The lowest BCUT2D eigenvalue weighted by molar-refractivity contribution is -0.158. The number of hydrogen-bond donors (Lipinski definition) is 1. The number of rotatable bonds is 4. The number of aryl methyl sites for hydroxylation is 1. The average molecular weight is 336 g/mol. The highest BCUT2D eigenvalue weighted by atomic mass is 19.4. The number of hydrogen-bond acceptors (Lipinski definition) is 3. The zero-order valence-electron chi connectivity index (χ0n) is 13.3. The summed E-state index contributed by atoms with van der Waals surface area (Å²) in [4.78, 5) is 4.10. The van der Waals surface area contributed by atoms with Crippen LogP contribution >= 0.6 is 0 Å². The maximum atomic E-state index is 13.5. The molecule has 1 aromatic heterocycles. The highest BCUT2D eigenvalue weighted by molar-refractivity contribution is 5.37. The Hall–Kier alpha value is -2.08. The van der Waals surface area contributed by atoms with Gasteiger partial charge in [-0.15, -0.1) is 0 Å². The van der Waals surface area contributed by atoms with Gasteiger partial charge in [0.15, 0.2) is 0 Å².